The van der Waals surface area contributed by atoms with E-state index in [-0.39, 0.29) is 5.91 Å². The van der Waals surface area contributed by atoms with Gasteiger partial charge in [-0.2, -0.15) is 16.9 Å². The van der Waals surface area contributed by atoms with E-state index in [0.717, 1.165) is 42.5 Å². The van der Waals surface area contributed by atoms with Gasteiger partial charge >= 0.3 is 0 Å². The fraction of sp³-hybridized carbons (Fsp3) is 0.632. The van der Waals surface area contributed by atoms with Gasteiger partial charge < -0.3 is 5.32 Å². The molecule has 0 radical (unpaired) electrons. The molecular formula is C19H25N5OS2. The number of hydrogen-bond donors (Lipinski definition) is 1. The Kier molecular flexibility index (Phi) is 4.96. The van der Waals surface area contributed by atoms with Crippen LogP contribution >= 0.6 is 23.1 Å². The molecule has 1 saturated heterocycles. The molecule has 1 amide bonds. The first kappa shape index (κ1) is 17.7. The summed E-state index contributed by atoms with van der Waals surface area (Å²) in [5.74, 6) is 3.18. The van der Waals surface area contributed by atoms with Crippen LogP contribution in [0.1, 0.15) is 46.0 Å². The van der Waals surface area contributed by atoms with Crippen molar-refractivity contribution >= 4 is 29.0 Å². The lowest BCUT2D eigenvalue weighted by molar-refractivity contribution is 0.0941. The van der Waals surface area contributed by atoms with Crippen molar-refractivity contribution in [3.63, 3.8) is 0 Å². The van der Waals surface area contributed by atoms with Crippen molar-refractivity contribution in [1.29, 1.82) is 0 Å². The topological polar surface area (TPSA) is 63.1 Å². The summed E-state index contributed by atoms with van der Waals surface area (Å²) in [5, 5.41) is 10.7. The van der Waals surface area contributed by atoms with Crippen LogP contribution in [0.25, 0.3) is 0 Å². The van der Waals surface area contributed by atoms with E-state index >= 15 is 0 Å². The zero-order valence-electron chi connectivity index (χ0n) is 15.4. The second kappa shape index (κ2) is 7.56. The van der Waals surface area contributed by atoms with Crippen molar-refractivity contribution in [2.75, 3.05) is 18.1 Å². The molecule has 4 heterocycles. The molecule has 2 aromatic rings. The van der Waals surface area contributed by atoms with E-state index in [0.29, 0.717) is 18.3 Å². The number of thiazole rings is 1. The molecule has 6 nitrogen and oxygen atoms in total. The van der Waals surface area contributed by atoms with Crippen LogP contribution in [0.3, 0.4) is 0 Å². The van der Waals surface area contributed by atoms with E-state index in [1.165, 1.54) is 36.5 Å². The molecule has 0 spiro atoms. The van der Waals surface area contributed by atoms with Crippen LogP contribution < -0.4 is 5.32 Å². The van der Waals surface area contributed by atoms with Crippen molar-refractivity contribution in [2.45, 2.75) is 51.4 Å². The molecule has 1 N–H and O–H groups in total. The Balaban J connectivity index is 1.37. The second-order valence-corrected chi connectivity index (χ2v) is 9.87. The zero-order valence-corrected chi connectivity index (χ0v) is 17.0. The number of thioether (sulfide) groups is 1. The summed E-state index contributed by atoms with van der Waals surface area (Å²) >= 11 is 3.61. The van der Waals surface area contributed by atoms with Crippen molar-refractivity contribution in [2.24, 2.45) is 5.92 Å². The molecule has 2 fully saturated rings. The van der Waals surface area contributed by atoms with Gasteiger partial charge in [-0.3, -0.25) is 14.4 Å². The average Bonchev–Trinajstić information content (AvgIpc) is 3.12. The largest absolute Gasteiger partial charge is 0.344 e. The Morgan fingerprint density at radius 1 is 1.33 bits per heavy atom. The molecule has 1 saturated carbocycles. The number of hydrogen-bond acceptors (Lipinski definition) is 6. The number of nitrogens with zero attached hydrogens (tertiary/aromatic N) is 4. The number of fused-ring (bicyclic) bond motifs is 1. The summed E-state index contributed by atoms with van der Waals surface area (Å²) in [6.07, 6.45) is 6.64. The van der Waals surface area contributed by atoms with Crippen LogP contribution in [0.2, 0.25) is 0 Å². The third kappa shape index (κ3) is 3.79. The van der Waals surface area contributed by atoms with E-state index in [1.54, 1.807) is 17.5 Å². The van der Waals surface area contributed by atoms with E-state index in [1.807, 2.05) is 17.1 Å². The Morgan fingerprint density at radius 3 is 3.00 bits per heavy atom. The minimum absolute atomic E-state index is 0.0568. The number of rotatable bonds is 6. The molecule has 2 aromatic heterocycles. The van der Waals surface area contributed by atoms with Crippen LogP contribution in [-0.4, -0.2) is 49.7 Å². The first-order chi connectivity index (χ1) is 13.3. The number of carbonyl (C=O) groups is 1. The van der Waals surface area contributed by atoms with Gasteiger partial charge in [-0.25, -0.2) is 4.98 Å². The molecular weight excluding hydrogens is 378 g/mol. The first-order valence-electron chi connectivity index (χ1n) is 9.85. The van der Waals surface area contributed by atoms with Gasteiger partial charge in [0.05, 0.1) is 6.54 Å². The zero-order chi connectivity index (χ0) is 18.2. The molecule has 1 aliphatic carbocycles. The minimum atomic E-state index is -0.0568. The van der Waals surface area contributed by atoms with Gasteiger partial charge in [0.2, 0.25) is 0 Å². The Labute approximate surface area is 167 Å². The molecule has 27 heavy (non-hydrogen) atoms. The lowest BCUT2D eigenvalue weighted by Gasteiger charge is -2.32. The predicted molar refractivity (Wildman–Crippen MR) is 108 cm³/mol. The van der Waals surface area contributed by atoms with Crippen molar-refractivity contribution in [3.8, 4) is 0 Å². The fourth-order valence-corrected chi connectivity index (χ4v) is 5.90. The molecule has 0 aromatic carbocycles. The Bertz CT molecular complexity index is 808. The Morgan fingerprint density at radius 2 is 2.26 bits per heavy atom. The summed E-state index contributed by atoms with van der Waals surface area (Å²) in [6, 6.07) is 0.654. The molecule has 5 rings (SSSR count). The summed E-state index contributed by atoms with van der Waals surface area (Å²) in [4.78, 5) is 19.7. The highest BCUT2D eigenvalue weighted by Crippen LogP contribution is 2.34. The maximum Gasteiger partial charge on any atom is 0.272 e. The van der Waals surface area contributed by atoms with Crippen LogP contribution in [-0.2, 0) is 26.1 Å². The standard InChI is InChI=1S/C19H25N5OS2/c25-19(21-9-17-20-5-8-27-17)18-15-11-23(14-4-7-26-12-14)6-3-16(15)24(22-18)10-13-1-2-13/h5,8,13-14H,1-4,6-7,9-12H2,(H,21,25). The monoisotopic (exact) mass is 403 g/mol. The van der Waals surface area contributed by atoms with Crippen LogP contribution in [0, 0.1) is 5.92 Å². The van der Waals surface area contributed by atoms with Crippen LogP contribution in [0.4, 0.5) is 0 Å². The van der Waals surface area contributed by atoms with E-state index in [4.69, 9.17) is 5.10 Å². The van der Waals surface area contributed by atoms with E-state index in [2.05, 4.69) is 19.9 Å². The fourth-order valence-electron chi connectivity index (χ4n) is 4.09. The second-order valence-electron chi connectivity index (χ2n) is 7.75. The Hall–Kier alpha value is -1.38. The first-order valence-corrected chi connectivity index (χ1v) is 11.9. The molecule has 144 valence electrons. The molecule has 1 unspecified atom stereocenters. The molecule has 0 bridgehead atoms. The average molecular weight is 404 g/mol. The van der Waals surface area contributed by atoms with Crippen molar-refractivity contribution in [1.82, 2.24) is 25.0 Å². The number of carbonyl (C=O) groups excluding carboxylic acids is 1. The highest BCUT2D eigenvalue weighted by Gasteiger charge is 2.33. The van der Waals surface area contributed by atoms with Crippen LogP contribution in [0.5, 0.6) is 0 Å². The van der Waals surface area contributed by atoms with Gasteiger partial charge in [-0.1, -0.05) is 0 Å². The summed E-state index contributed by atoms with van der Waals surface area (Å²) < 4.78 is 2.14. The molecule has 1 atom stereocenters. The third-order valence-corrected chi connectivity index (χ3v) is 7.74. The third-order valence-electron chi connectivity index (χ3n) is 5.81. The van der Waals surface area contributed by atoms with Gasteiger partial charge in [0.15, 0.2) is 5.69 Å². The molecule has 8 heteroatoms. The lowest BCUT2D eigenvalue weighted by atomic mass is 10.0. The van der Waals surface area contributed by atoms with Crippen LogP contribution in [0.15, 0.2) is 11.6 Å². The number of aromatic nitrogens is 3. The smallest absolute Gasteiger partial charge is 0.272 e. The van der Waals surface area contributed by atoms with Gasteiger partial charge in [0.1, 0.15) is 5.01 Å². The van der Waals surface area contributed by atoms with E-state index in [9.17, 15) is 4.79 Å². The lowest BCUT2D eigenvalue weighted by Crippen LogP contribution is -2.40. The number of amides is 1. The number of nitrogens with one attached hydrogen (secondary N) is 1. The van der Waals surface area contributed by atoms with Gasteiger partial charge in [-0.05, 0) is 30.9 Å². The summed E-state index contributed by atoms with van der Waals surface area (Å²) in [5.41, 5.74) is 3.09. The quantitative estimate of drug-likeness (QED) is 0.803. The highest BCUT2D eigenvalue weighted by atomic mass is 32.2. The molecule has 2 aliphatic heterocycles. The SMILES string of the molecule is O=C(NCc1nccs1)c1nn(CC2CC2)c2c1CN(C1CCSC1)CC2. The van der Waals surface area contributed by atoms with Gasteiger partial charge in [-0.15, -0.1) is 11.3 Å². The summed E-state index contributed by atoms with van der Waals surface area (Å²) in [6.45, 7) is 3.41. The minimum Gasteiger partial charge on any atom is -0.344 e. The van der Waals surface area contributed by atoms with Gasteiger partial charge in [0, 0.05) is 60.7 Å². The van der Waals surface area contributed by atoms with E-state index < -0.39 is 0 Å². The van der Waals surface area contributed by atoms with Crippen molar-refractivity contribution < 1.29 is 4.79 Å². The molecule has 3 aliphatic rings. The van der Waals surface area contributed by atoms with Gasteiger partial charge in [0.25, 0.3) is 5.91 Å². The summed E-state index contributed by atoms with van der Waals surface area (Å²) in [7, 11) is 0. The predicted octanol–water partition coefficient (Wildman–Crippen LogP) is 2.54. The highest BCUT2D eigenvalue weighted by molar-refractivity contribution is 7.99. The maximum absolute atomic E-state index is 12.9. The van der Waals surface area contributed by atoms with Crippen molar-refractivity contribution in [3.05, 3.63) is 33.5 Å². The normalized spacial score (nSPS) is 22.7. The maximum atomic E-state index is 12.9.